The second-order valence-electron chi connectivity index (χ2n) is 6.49. The van der Waals surface area contributed by atoms with Crippen LogP contribution in [0.15, 0.2) is 15.9 Å². The molecule has 2 heterocycles. The van der Waals surface area contributed by atoms with Gasteiger partial charge in [-0.15, -0.1) is 12.4 Å². The lowest BCUT2D eigenvalue weighted by atomic mass is 9.98. The van der Waals surface area contributed by atoms with Crippen LogP contribution in [-0.2, 0) is 25.4 Å². The van der Waals surface area contributed by atoms with E-state index in [1.54, 1.807) is 7.05 Å². The molecule has 3 N–H and O–H groups in total. The average molecular weight is 371 g/mol. The fourth-order valence-corrected chi connectivity index (χ4v) is 3.44. The fraction of sp³-hybridized carbons (Fsp3) is 0.600. The highest BCUT2D eigenvalue weighted by atomic mass is 35.5. The van der Waals surface area contributed by atoms with Crippen molar-refractivity contribution in [2.24, 2.45) is 19.8 Å². The Bertz CT molecular complexity index is 906. The number of halogens is 1. The molecule has 2 aromatic rings. The maximum atomic E-state index is 12.4. The standard InChI is InChI=1S/C15H22N6O3.ClH/c1-19-12-11(13(23)20(2)14(19)24)21(9-17-12)7-10(22)18-15(8-16)5-3-4-6-15;/h9H,3-8,16H2,1-2H3,(H,18,22);1H. The van der Waals surface area contributed by atoms with Gasteiger partial charge in [0.1, 0.15) is 6.54 Å². The summed E-state index contributed by atoms with van der Waals surface area (Å²) in [5.74, 6) is -0.211. The van der Waals surface area contributed by atoms with Crippen LogP contribution in [0.5, 0.6) is 0 Å². The normalized spacial score (nSPS) is 16.0. The van der Waals surface area contributed by atoms with Crippen LogP contribution in [0.25, 0.3) is 11.2 Å². The van der Waals surface area contributed by atoms with Gasteiger partial charge >= 0.3 is 5.69 Å². The van der Waals surface area contributed by atoms with E-state index < -0.39 is 11.2 Å². The number of nitrogens with zero attached hydrogens (tertiary/aromatic N) is 4. The number of rotatable bonds is 4. The highest BCUT2D eigenvalue weighted by molar-refractivity contribution is 5.85. The number of imidazole rings is 1. The van der Waals surface area contributed by atoms with E-state index in [-0.39, 0.29) is 41.6 Å². The Kier molecular flexibility index (Phi) is 5.38. The Hall–Kier alpha value is -2.13. The van der Waals surface area contributed by atoms with Gasteiger partial charge in [-0.2, -0.15) is 0 Å². The van der Waals surface area contributed by atoms with Gasteiger partial charge in [-0.25, -0.2) is 9.78 Å². The van der Waals surface area contributed by atoms with Crippen molar-refractivity contribution in [1.82, 2.24) is 24.0 Å². The molecule has 2 aromatic heterocycles. The number of aryl methyl sites for hydroxylation is 1. The molecule has 1 amide bonds. The van der Waals surface area contributed by atoms with Crippen LogP contribution in [0.3, 0.4) is 0 Å². The van der Waals surface area contributed by atoms with Crippen molar-refractivity contribution in [2.75, 3.05) is 6.54 Å². The fourth-order valence-electron chi connectivity index (χ4n) is 3.44. The van der Waals surface area contributed by atoms with Crippen molar-refractivity contribution in [1.29, 1.82) is 0 Å². The summed E-state index contributed by atoms with van der Waals surface area (Å²) in [6.07, 6.45) is 5.25. The van der Waals surface area contributed by atoms with Crippen molar-refractivity contribution in [2.45, 2.75) is 37.8 Å². The molecule has 0 radical (unpaired) electrons. The van der Waals surface area contributed by atoms with Gasteiger partial charge in [0.25, 0.3) is 5.56 Å². The van der Waals surface area contributed by atoms with Crippen molar-refractivity contribution in [3.8, 4) is 0 Å². The third-order valence-corrected chi connectivity index (χ3v) is 4.89. The van der Waals surface area contributed by atoms with Crippen LogP contribution < -0.4 is 22.3 Å². The summed E-state index contributed by atoms with van der Waals surface area (Å²) in [5.41, 5.74) is 5.09. The molecular weight excluding hydrogens is 348 g/mol. The first-order valence-electron chi connectivity index (χ1n) is 8.00. The van der Waals surface area contributed by atoms with Gasteiger partial charge in [0.15, 0.2) is 11.2 Å². The number of amides is 1. The van der Waals surface area contributed by atoms with Crippen LogP contribution >= 0.6 is 12.4 Å². The van der Waals surface area contributed by atoms with Gasteiger partial charge in [-0.05, 0) is 12.8 Å². The summed E-state index contributed by atoms with van der Waals surface area (Å²) < 4.78 is 3.78. The molecule has 0 unspecified atom stereocenters. The Morgan fingerprint density at radius 2 is 1.92 bits per heavy atom. The number of hydrogen-bond acceptors (Lipinski definition) is 5. The number of carbonyl (C=O) groups is 1. The number of nitrogens with one attached hydrogen (secondary N) is 1. The first-order valence-corrected chi connectivity index (χ1v) is 8.00. The van der Waals surface area contributed by atoms with Crippen molar-refractivity contribution < 1.29 is 4.79 Å². The zero-order valence-electron chi connectivity index (χ0n) is 14.3. The minimum atomic E-state index is -0.465. The Morgan fingerprint density at radius 1 is 1.28 bits per heavy atom. The minimum absolute atomic E-state index is 0. The van der Waals surface area contributed by atoms with E-state index in [4.69, 9.17) is 5.73 Å². The largest absolute Gasteiger partial charge is 0.348 e. The van der Waals surface area contributed by atoms with E-state index in [1.807, 2.05) is 0 Å². The van der Waals surface area contributed by atoms with Crippen molar-refractivity contribution >= 4 is 29.5 Å². The number of carbonyl (C=O) groups excluding carboxylic acids is 1. The Balaban J connectivity index is 0.00000225. The third-order valence-electron chi connectivity index (χ3n) is 4.89. The molecule has 0 saturated heterocycles. The summed E-state index contributed by atoms with van der Waals surface area (Å²) in [4.78, 5) is 40.8. The third kappa shape index (κ3) is 3.21. The molecule has 1 fully saturated rings. The molecule has 3 rings (SSSR count). The van der Waals surface area contributed by atoms with Gasteiger partial charge in [-0.1, -0.05) is 12.8 Å². The second-order valence-corrected chi connectivity index (χ2v) is 6.49. The molecule has 0 aliphatic heterocycles. The van der Waals surface area contributed by atoms with Crippen LogP contribution in [0.2, 0.25) is 0 Å². The van der Waals surface area contributed by atoms with E-state index >= 15 is 0 Å². The summed E-state index contributed by atoms with van der Waals surface area (Å²) in [6, 6.07) is 0. The highest BCUT2D eigenvalue weighted by Gasteiger charge is 2.33. The smallest absolute Gasteiger partial charge is 0.332 e. The maximum absolute atomic E-state index is 12.4. The molecule has 1 saturated carbocycles. The molecule has 0 bridgehead atoms. The first-order chi connectivity index (χ1) is 11.4. The second kappa shape index (κ2) is 7.01. The average Bonchev–Trinajstić information content (AvgIpc) is 3.18. The number of hydrogen-bond donors (Lipinski definition) is 2. The number of nitrogens with two attached hydrogens (primary N) is 1. The Labute approximate surface area is 150 Å². The van der Waals surface area contributed by atoms with Gasteiger partial charge in [0.2, 0.25) is 5.91 Å². The summed E-state index contributed by atoms with van der Waals surface area (Å²) in [6.45, 7) is 0.366. The van der Waals surface area contributed by atoms with Crippen LogP contribution in [0.1, 0.15) is 25.7 Å². The molecule has 138 valence electrons. The molecule has 25 heavy (non-hydrogen) atoms. The zero-order valence-corrected chi connectivity index (χ0v) is 15.1. The lowest BCUT2D eigenvalue weighted by molar-refractivity contribution is -0.123. The molecular formula is C15H23ClN6O3. The van der Waals surface area contributed by atoms with E-state index in [9.17, 15) is 14.4 Å². The maximum Gasteiger partial charge on any atom is 0.332 e. The van der Waals surface area contributed by atoms with Crippen molar-refractivity contribution in [3.63, 3.8) is 0 Å². The molecule has 1 aliphatic rings. The van der Waals surface area contributed by atoms with Gasteiger partial charge < -0.3 is 15.6 Å². The number of fused-ring (bicyclic) bond motifs is 1. The number of aromatic nitrogens is 4. The monoisotopic (exact) mass is 370 g/mol. The highest BCUT2D eigenvalue weighted by Crippen LogP contribution is 2.28. The van der Waals surface area contributed by atoms with E-state index in [0.717, 1.165) is 30.3 Å². The first kappa shape index (κ1) is 19.2. The quantitative estimate of drug-likeness (QED) is 0.734. The molecule has 0 spiro atoms. The van der Waals surface area contributed by atoms with E-state index in [0.29, 0.717) is 6.54 Å². The van der Waals surface area contributed by atoms with Gasteiger partial charge in [0, 0.05) is 20.6 Å². The topological polar surface area (TPSA) is 117 Å². The molecule has 9 nitrogen and oxygen atoms in total. The summed E-state index contributed by atoms with van der Waals surface area (Å²) in [7, 11) is 2.95. The predicted molar refractivity (Wildman–Crippen MR) is 95.9 cm³/mol. The summed E-state index contributed by atoms with van der Waals surface area (Å²) in [5, 5.41) is 3.02. The zero-order chi connectivity index (χ0) is 17.5. The predicted octanol–water partition coefficient (Wildman–Crippen LogP) is -0.757. The molecule has 10 heteroatoms. The molecule has 0 atom stereocenters. The SMILES string of the molecule is Cl.Cn1c(=O)c2c(ncn2CC(=O)NC2(CN)CCCC2)n(C)c1=O. The van der Waals surface area contributed by atoms with Gasteiger partial charge in [0.05, 0.1) is 11.9 Å². The van der Waals surface area contributed by atoms with E-state index in [1.165, 1.54) is 22.5 Å². The van der Waals surface area contributed by atoms with E-state index in [2.05, 4.69) is 10.3 Å². The Morgan fingerprint density at radius 3 is 2.52 bits per heavy atom. The van der Waals surface area contributed by atoms with Crippen LogP contribution in [0, 0.1) is 0 Å². The lowest BCUT2D eigenvalue weighted by Crippen LogP contribution is -2.52. The lowest BCUT2D eigenvalue weighted by Gasteiger charge is -2.28. The summed E-state index contributed by atoms with van der Waals surface area (Å²) >= 11 is 0. The van der Waals surface area contributed by atoms with Crippen molar-refractivity contribution in [3.05, 3.63) is 27.2 Å². The van der Waals surface area contributed by atoms with Crippen LogP contribution in [0.4, 0.5) is 0 Å². The minimum Gasteiger partial charge on any atom is -0.348 e. The molecule has 1 aliphatic carbocycles. The molecule has 0 aromatic carbocycles. The van der Waals surface area contributed by atoms with Gasteiger partial charge in [-0.3, -0.25) is 18.7 Å². The van der Waals surface area contributed by atoms with Crippen LogP contribution in [-0.4, -0.2) is 36.7 Å².